The van der Waals surface area contributed by atoms with Crippen molar-refractivity contribution < 1.29 is 28.9 Å². The standard InChI is InChI=1S/C36H29BrN2O7S/c1-4-45-35(43)30-20(2)38-36-39(32(30)31-25-8-6-5-7-23(25)14-16-28(31)44-3)33(40)29(47-36)18-22-11-15-27(26(37)17-22)46-19-21-9-12-24(13-10-21)34(41)42/h5-18,32H,4,19H2,1-3H3,(H,41,42)/b29-18+/t32-/m0/s1. The van der Waals surface area contributed by atoms with E-state index in [0.29, 0.717) is 36.6 Å². The van der Waals surface area contributed by atoms with Crippen molar-refractivity contribution in [3.63, 3.8) is 0 Å². The molecule has 9 nitrogen and oxygen atoms in total. The van der Waals surface area contributed by atoms with E-state index in [0.717, 1.165) is 21.9 Å². The number of nitrogens with zero attached hydrogens (tertiary/aromatic N) is 2. The van der Waals surface area contributed by atoms with Crippen LogP contribution < -0.4 is 24.4 Å². The van der Waals surface area contributed by atoms with Gasteiger partial charge < -0.3 is 19.3 Å². The fraction of sp³-hybridized carbons (Fsp3) is 0.167. The molecule has 11 heteroatoms. The highest BCUT2D eigenvalue weighted by atomic mass is 79.9. The smallest absolute Gasteiger partial charge is 0.338 e. The Hall–Kier alpha value is -5.00. The number of carboxylic acid groups (broad SMARTS) is 1. The number of halogens is 1. The number of rotatable bonds is 9. The maximum absolute atomic E-state index is 14.2. The summed E-state index contributed by atoms with van der Waals surface area (Å²) in [4.78, 5) is 44.0. The predicted molar refractivity (Wildman–Crippen MR) is 183 cm³/mol. The number of thiazole rings is 1. The number of hydrogen-bond donors (Lipinski definition) is 1. The second kappa shape index (κ2) is 13.4. The molecule has 0 unspecified atom stereocenters. The van der Waals surface area contributed by atoms with Crippen LogP contribution in [0.25, 0.3) is 16.8 Å². The van der Waals surface area contributed by atoms with E-state index in [-0.39, 0.29) is 29.9 Å². The van der Waals surface area contributed by atoms with Crippen LogP contribution in [-0.2, 0) is 16.1 Å². The van der Waals surface area contributed by atoms with Crippen LogP contribution in [0.4, 0.5) is 0 Å². The van der Waals surface area contributed by atoms with Crippen molar-refractivity contribution in [3.8, 4) is 11.5 Å². The molecule has 1 aliphatic rings. The number of methoxy groups -OCH3 is 1. The number of esters is 1. The van der Waals surface area contributed by atoms with Crippen LogP contribution in [0.1, 0.15) is 46.9 Å². The van der Waals surface area contributed by atoms with E-state index in [9.17, 15) is 14.4 Å². The molecule has 1 N–H and O–H groups in total. The van der Waals surface area contributed by atoms with E-state index in [1.54, 1.807) is 49.8 Å². The van der Waals surface area contributed by atoms with Crippen LogP contribution in [0, 0.1) is 0 Å². The molecule has 1 aliphatic heterocycles. The Balaban J connectivity index is 1.41. The molecule has 1 aromatic heterocycles. The molecule has 6 rings (SSSR count). The Morgan fingerprint density at radius 3 is 2.49 bits per heavy atom. The first-order chi connectivity index (χ1) is 22.7. The zero-order valence-corrected chi connectivity index (χ0v) is 28.1. The van der Waals surface area contributed by atoms with Gasteiger partial charge >= 0.3 is 11.9 Å². The number of allylic oxidation sites excluding steroid dienone is 1. The molecule has 0 fully saturated rings. The van der Waals surface area contributed by atoms with Crippen LogP contribution in [-0.4, -0.2) is 35.3 Å². The first-order valence-electron chi connectivity index (χ1n) is 14.7. The summed E-state index contributed by atoms with van der Waals surface area (Å²) in [6.07, 6.45) is 1.78. The zero-order valence-electron chi connectivity index (χ0n) is 25.7. The zero-order chi connectivity index (χ0) is 33.2. The lowest BCUT2D eigenvalue weighted by Crippen LogP contribution is -2.40. The van der Waals surface area contributed by atoms with Gasteiger partial charge in [0.2, 0.25) is 0 Å². The fourth-order valence-corrected chi connectivity index (χ4v) is 7.14. The van der Waals surface area contributed by atoms with Gasteiger partial charge in [-0.15, -0.1) is 0 Å². The lowest BCUT2D eigenvalue weighted by Gasteiger charge is -2.27. The molecule has 4 aromatic carbocycles. The molecule has 5 aromatic rings. The Morgan fingerprint density at radius 1 is 1.04 bits per heavy atom. The van der Waals surface area contributed by atoms with Crippen molar-refractivity contribution >= 4 is 56.1 Å². The van der Waals surface area contributed by atoms with Gasteiger partial charge in [0.05, 0.1) is 39.6 Å². The SMILES string of the molecule is CCOC(=O)C1=C(C)N=c2s/c(=C/c3ccc(OCc4ccc(C(=O)O)cc4)c(Br)c3)c(=O)n2[C@@H]1c1c(OC)ccc2ccccc12. The lowest BCUT2D eigenvalue weighted by atomic mass is 9.90. The molecule has 0 radical (unpaired) electrons. The number of fused-ring (bicyclic) bond motifs is 2. The molecule has 0 saturated carbocycles. The Labute approximate surface area is 281 Å². The molecule has 47 heavy (non-hydrogen) atoms. The highest BCUT2D eigenvalue weighted by Gasteiger charge is 2.36. The Morgan fingerprint density at radius 2 is 1.79 bits per heavy atom. The minimum Gasteiger partial charge on any atom is -0.496 e. The van der Waals surface area contributed by atoms with E-state index in [2.05, 4.69) is 15.9 Å². The van der Waals surface area contributed by atoms with Gasteiger partial charge in [-0.2, -0.15) is 0 Å². The molecular formula is C36H29BrN2O7S. The molecular weight excluding hydrogens is 684 g/mol. The number of aromatic nitrogens is 1. The predicted octanol–water partition coefficient (Wildman–Crippen LogP) is 6.00. The average Bonchev–Trinajstić information content (AvgIpc) is 3.37. The highest BCUT2D eigenvalue weighted by Crippen LogP contribution is 2.40. The van der Waals surface area contributed by atoms with E-state index in [1.807, 2.05) is 48.5 Å². The number of aromatic carboxylic acids is 1. The molecule has 0 saturated heterocycles. The van der Waals surface area contributed by atoms with Gasteiger partial charge in [-0.05, 0) is 88.1 Å². The largest absolute Gasteiger partial charge is 0.496 e. The van der Waals surface area contributed by atoms with E-state index >= 15 is 0 Å². The quantitative estimate of drug-likeness (QED) is 0.186. The first kappa shape index (κ1) is 32.0. The summed E-state index contributed by atoms with van der Waals surface area (Å²) in [5.74, 6) is -0.400. The summed E-state index contributed by atoms with van der Waals surface area (Å²) in [6.45, 7) is 3.91. The maximum Gasteiger partial charge on any atom is 0.338 e. The van der Waals surface area contributed by atoms with Gasteiger partial charge in [0.15, 0.2) is 4.80 Å². The number of carboxylic acids is 1. The van der Waals surface area contributed by atoms with Crippen LogP contribution in [0.15, 0.2) is 104 Å². The van der Waals surface area contributed by atoms with E-state index < -0.39 is 18.0 Å². The molecule has 1 atom stereocenters. The van der Waals surface area contributed by atoms with Crippen LogP contribution in [0.2, 0.25) is 0 Å². The summed E-state index contributed by atoms with van der Waals surface area (Å²) in [5.41, 5.74) is 2.91. The number of carbonyl (C=O) groups is 2. The fourth-order valence-electron chi connectivity index (χ4n) is 5.58. The number of ether oxygens (including phenoxy) is 3. The summed E-state index contributed by atoms with van der Waals surface area (Å²) in [7, 11) is 1.57. The molecule has 238 valence electrons. The lowest BCUT2D eigenvalue weighted by molar-refractivity contribution is -0.139. The Bertz CT molecular complexity index is 2250. The van der Waals surface area contributed by atoms with Crippen molar-refractivity contribution in [2.75, 3.05) is 13.7 Å². The number of hydrogen-bond acceptors (Lipinski definition) is 8. The summed E-state index contributed by atoms with van der Waals surface area (Å²) < 4.78 is 19.9. The van der Waals surface area contributed by atoms with E-state index in [4.69, 9.17) is 24.3 Å². The maximum atomic E-state index is 14.2. The van der Waals surface area contributed by atoms with Crippen molar-refractivity contribution in [2.45, 2.75) is 26.5 Å². The van der Waals surface area contributed by atoms with E-state index in [1.165, 1.54) is 23.5 Å². The third kappa shape index (κ3) is 6.24. The summed E-state index contributed by atoms with van der Waals surface area (Å²) in [5, 5.41) is 10.9. The topological polar surface area (TPSA) is 116 Å². The third-order valence-corrected chi connectivity index (χ3v) is 9.39. The molecule has 0 amide bonds. The van der Waals surface area contributed by atoms with Gasteiger partial charge in [0.25, 0.3) is 5.56 Å². The number of carbonyl (C=O) groups excluding carboxylic acids is 1. The minimum atomic E-state index is -0.985. The van der Waals surface area contributed by atoms with Crippen LogP contribution in [0.5, 0.6) is 11.5 Å². The van der Waals surface area contributed by atoms with Gasteiger partial charge in [0.1, 0.15) is 24.1 Å². The molecule has 0 aliphatic carbocycles. The minimum absolute atomic E-state index is 0.172. The van der Waals surface area contributed by atoms with Gasteiger partial charge in [-0.1, -0.05) is 59.9 Å². The normalized spacial score (nSPS) is 14.5. The molecule has 0 bridgehead atoms. The van der Waals surface area contributed by atoms with Crippen molar-refractivity contribution in [2.24, 2.45) is 4.99 Å². The second-order valence-electron chi connectivity index (χ2n) is 10.7. The van der Waals surface area contributed by atoms with Gasteiger partial charge in [-0.3, -0.25) is 9.36 Å². The summed E-state index contributed by atoms with van der Waals surface area (Å²) in [6, 6.07) is 22.7. The van der Waals surface area contributed by atoms with Crippen molar-refractivity contribution in [1.29, 1.82) is 0 Å². The van der Waals surface area contributed by atoms with Crippen molar-refractivity contribution in [1.82, 2.24) is 4.57 Å². The monoisotopic (exact) mass is 712 g/mol. The van der Waals surface area contributed by atoms with Crippen LogP contribution in [0.3, 0.4) is 0 Å². The van der Waals surface area contributed by atoms with Gasteiger partial charge in [-0.25, -0.2) is 14.6 Å². The molecule has 2 heterocycles. The number of benzene rings is 4. The van der Waals surface area contributed by atoms with Crippen molar-refractivity contribution in [3.05, 3.63) is 137 Å². The van der Waals surface area contributed by atoms with Gasteiger partial charge in [0, 0.05) is 5.56 Å². The second-order valence-corrected chi connectivity index (χ2v) is 12.5. The molecule has 0 spiro atoms. The third-order valence-electron chi connectivity index (χ3n) is 7.79. The first-order valence-corrected chi connectivity index (χ1v) is 16.3. The average molecular weight is 714 g/mol. The highest BCUT2D eigenvalue weighted by molar-refractivity contribution is 9.10. The van der Waals surface area contributed by atoms with Crippen LogP contribution >= 0.6 is 27.3 Å². The summed E-state index contributed by atoms with van der Waals surface area (Å²) >= 11 is 4.81. The Kier molecular flexibility index (Phi) is 9.10.